The molecular formula is C14H11N2O+. The first-order valence-electron chi connectivity index (χ1n) is 5.46. The number of pyridine rings is 1. The molecule has 0 saturated carbocycles. The second kappa shape index (κ2) is 3.33. The fourth-order valence-electron chi connectivity index (χ4n) is 2.26. The van der Waals surface area contributed by atoms with E-state index in [1.54, 1.807) is 0 Å². The van der Waals surface area contributed by atoms with Gasteiger partial charge >= 0.3 is 5.71 Å². The van der Waals surface area contributed by atoms with Crippen LogP contribution in [0.3, 0.4) is 0 Å². The lowest BCUT2D eigenvalue weighted by atomic mass is 10.1. The van der Waals surface area contributed by atoms with Gasteiger partial charge in [-0.15, -0.1) is 4.40 Å². The highest BCUT2D eigenvalue weighted by molar-refractivity contribution is 5.72. The summed E-state index contributed by atoms with van der Waals surface area (Å²) in [6.45, 7) is 3.95. The van der Waals surface area contributed by atoms with Crippen molar-refractivity contribution in [2.75, 3.05) is 0 Å². The molecule has 0 amide bonds. The Morgan fingerprint density at radius 2 is 2.00 bits per heavy atom. The monoisotopic (exact) mass is 223 g/mol. The minimum absolute atomic E-state index is 0.604. The molecule has 2 aromatic heterocycles. The van der Waals surface area contributed by atoms with Gasteiger partial charge < -0.3 is 4.42 Å². The first kappa shape index (κ1) is 9.86. The SMILES string of the molecule is Cc1cc(C)[n+]2c(oc3ccccc32)c1C#N. The van der Waals surface area contributed by atoms with Crippen molar-refractivity contribution in [3.8, 4) is 6.07 Å². The Morgan fingerprint density at radius 3 is 2.76 bits per heavy atom. The van der Waals surface area contributed by atoms with Crippen molar-refractivity contribution in [3.63, 3.8) is 0 Å². The highest BCUT2D eigenvalue weighted by Crippen LogP contribution is 2.20. The Balaban J connectivity index is 2.65. The van der Waals surface area contributed by atoms with Gasteiger partial charge in [0.15, 0.2) is 11.3 Å². The fourth-order valence-corrected chi connectivity index (χ4v) is 2.26. The molecule has 0 N–H and O–H groups in total. The smallest absolute Gasteiger partial charge is 0.397 e. The first-order valence-corrected chi connectivity index (χ1v) is 5.46. The maximum atomic E-state index is 9.21. The van der Waals surface area contributed by atoms with Crippen LogP contribution in [0.4, 0.5) is 0 Å². The number of hydrogen-bond donors (Lipinski definition) is 0. The lowest BCUT2D eigenvalue weighted by molar-refractivity contribution is -0.493. The number of oxazole rings is 1. The van der Waals surface area contributed by atoms with Crippen molar-refractivity contribution in [3.05, 3.63) is 47.2 Å². The second-order valence-corrected chi connectivity index (χ2v) is 4.17. The van der Waals surface area contributed by atoms with E-state index in [0.717, 1.165) is 22.4 Å². The normalized spacial score (nSPS) is 10.9. The molecule has 17 heavy (non-hydrogen) atoms. The Kier molecular flexibility index (Phi) is 1.93. The molecule has 0 aliphatic carbocycles. The van der Waals surface area contributed by atoms with Crippen LogP contribution in [0.5, 0.6) is 0 Å². The van der Waals surface area contributed by atoms with Gasteiger partial charge in [-0.25, -0.2) is 0 Å². The number of nitrogens with zero attached hydrogens (tertiary/aromatic N) is 2. The number of rotatable bonds is 0. The molecule has 1 aromatic carbocycles. The molecule has 3 nitrogen and oxygen atoms in total. The van der Waals surface area contributed by atoms with Crippen molar-refractivity contribution in [2.24, 2.45) is 0 Å². The number of fused-ring (bicyclic) bond motifs is 3. The van der Waals surface area contributed by atoms with Crippen molar-refractivity contribution >= 4 is 16.8 Å². The van der Waals surface area contributed by atoms with Gasteiger partial charge in [-0.3, -0.25) is 0 Å². The van der Waals surface area contributed by atoms with Crippen LogP contribution in [0.25, 0.3) is 16.8 Å². The Labute approximate surface area is 98.5 Å². The summed E-state index contributed by atoms with van der Waals surface area (Å²) >= 11 is 0. The standard InChI is InChI=1S/C14H11N2O/c1-9-7-10(2)16-12-5-3-4-6-13(12)17-14(16)11(9)8-15/h3-7H,1-2H3/q+1. The molecule has 0 radical (unpaired) electrons. The van der Waals surface area contributed by atoms with Crippen LogP contribution in [-0.4, -0.2) is 0 Å². The highest BCUT2D eigenvalue weighted by atomic mass is 16.3. The molecular weight excluding hydrogens is 212 g/mol. The second-order valence-electron chi connectivity index (χ2n) is 4.17. The van der Waals surface area contributed by atoms with Gasteiger partial charge in [0, 0.05) is 19.1 Å². The van der Waals surface area contributed by atoms with Gasteiger partial charge in [-0.2, -0.15) is 5.26 Å². The molecule has 0 bridgehead atoms. The minimum atomic E-state index is 0.604. The van der Waals surface area contributed by atoms with E-state index >= 15 is 0 Å². The van der Waals surface area contributed by atoms with E-state index in [9.17, 15) is 5.26 Å². The molecule has 82 valence electrons. The molecule has 0 aliphatic rings. The van der Waals surface area contributed by atoms with E-state index in [0.29, 0.717) is 11.3 Å². The number of benzene rings is 1. The van der Waals surface area contributed by atoms with Crippen molar-refractivity contribution in [1.29, 1.82) is 5.26 Å². The molecule has 0 spiro atoms. The molecule has 2 heterocycles. The van der Waals surface area contributed by atoms with Gasteiger partial charge in [0.2, 0.25) is 5.58 Å². The summed E-state index contributed by atoms with van der Waals surface area (Å²) in [6, 6.07) is 12.0. The maximum Gasteiger partial charge on any atom is 0.398 e. The summed E-state index contributed by atoms with van der Waals surface area (Å²) in [5, 5.41) is 9.21. The Hall–Kier alpha value is -2.34. The first-order chi connectivity index (χ1) is 8.22. The van der Waals surface area contributed by atoms with Crippen LogP contribution < -0.4 is 4.40 Å². The Morgan fingerprint density at radius 1 is 1.24 bits per heavy atom. The molecule has 3 heteroatoms. The van der Waals surface area contributed by atoms with Crippen LogP contribution in [0.15, 0.2) is 34.7 Å². The number of hydrogen-bond acceptors (Lipinski definition) is 2. The van der Waals surface area contributed by atoms with E-state index in [2.05, 4.69) is 6.07 Å². The van der Waals surface area contributed by atoms with Crippen LogP contribution in [-0.2, 0) is 0 Å². The van der Waals surface area contributed by atoms with E-state index in [-0.39, 0.29) is 0 Å². The molecule has 0 aliphatic heterocycles. The molecule has 0 fully saturated rings. The average Bonchev–Trinajstić information content (AvgIpc) is 2.68. The fraction of sp³-hybridized carbons (Fsp3) is 0.143. The minimum Gasteiger partial charge on any atom is -0.397 e. The number of aryl methyl sites for hydroxylation is 2. The predicted octanol–water partition coefficient (Wildman–Crippen LogP) is 2.66. The van der Waals surface area contributed by atoms with Gasteiger partial charge in [0.05, 0.1) is 0 Å². The zero-order chi connectivity index (χ0) is 12.0. The average molecular weight is 223 g/mol. The lowest BCUT2D eigenvalue weighted by Crippen LogP contribution is -2.25. The van der Waals surface area contributed by atoms with Gasteiger partial charge in [-0.05, 0) is 18.6 Å². The van der Waals surface area contributed by atoms with Crippen molar-refractivity contribution in [2.45, 2.75) is 13.8 Å². The summed E-state index contributed by atoms with van der Waals surface area (Å²) in [5.41, 5.74) is 5.05. The zero-order valence-corrected chi connectivity index (χ0v) is 9.69. The summed E-state index contributed by atoms with van der Waals surface area (Å²) in [6.07, 6.45) is 0. The van der Waals surface area contributed by atoms with Crippen LogP contribution >= 0.6 is 0 Å². The summed E-state index contributed by atoms with van der Waals surface area (Å²) in [5.74, 6) is 0. The third kappa shape index (κ3) is 1.24. The van der Waals surface area contributed by atoms with E-state index in [1.807, 2.05) is 48.6 Å². The van der Waals surface area contributed by atoms with Gasteiger partial charge in [0.1, 0.15) is 6.07 Å². The summed E-state index contributed by atoms with van der Waals surface area (Å²) in [4.78, 5) is 0. The molecule has 0 atom stereocenters. The summed E-state index contributed by atoms with van der Waals surface area (Å²) in [7, 11) is 0. The molecule has 3 aromatic rings. The molecule has 0 saturated heterocycles. The predicted molar refractivity (Wildman–Crippen MR) is 63.6 cm³/mol. The zero-order valence-electron chi connectivity index (χ0n) is 9.69. The molecule has 3 rings (SSSR count). The number of para-hydroxylation sites is 2. The lowest BCUT2D eigenvalue weighted by Gasteiger charge is -1.94. The molecule has 0 unspecified atom stereocenters. The van der Waals surface area contributed by atoms with Crippen LogP contribution in [0.2, 0.25) is 0 Å². The Bertz CT molecular complexity index is 778. The van der Waals surface area contributed by atoms with E-state index in [4.69, 9.17) is 4.42 Å². The third-order valence-corrected chi connectivity index (χ3v) is 3.01. The largest absolute Gasteiger partial charge is 0.398 e. The van der Waals surface area contributed by atoms with E-state index < -0.39 is 0 Å². The van der Waals surface area contributed by atoms with Crippen molar-refractivity contribution in [1.82, 2.24) is 0 Å². The maximum absolute atomic E-state index is 9.21. The topological polar surface area (TPSA) is 41.0 Å². The van der Waals surface area contributed by atoms with Crippen LogP contribution in [0.1, 0.15) is 16.8 Å². The van der Waals surface area contributed by atoms with E-state index in [1.165, 1.54) is 0 Å². The number of nitriles is 1. The summed E-state index contributed by atoms with van der Waals surface area (Å²) < 4.78 is 7.76. The van der Waals surface area contributed by atoms with Gasteiger partial charge in [-0.1, -0.05) is 12.1 Å². The van der Waals surface area contributed by atoms with Crippen LogP contribution in [0, 0.1) is 25.2 Å². The van der Waals surface area contributed by atoms with Gasteiger partial charge in [0.25, 0.3) is 5.52 Å². The number of aromatic nitrogens is 1. The van der Waals surface area contributed by atoms with Crippen molar-refractivity contribution < 1.29 is 8.82 Å². The third-order valence-electron chi connectivity index (χ3n) is 3.01. The highest BCUT2D eigenvalue weighted by Gasteiger charge is 2.23. The quantitative estimate of drug-likeness (QED) is 0.550.